The van der Waals surface area contributed by atoms with Crippen LogP contribution >= 0.6 is 0 Å². The van der Waals surface area contributed by atoms with E-state index in [4.69, 9.17) is 4.42 Å². The SMILES string of the molecule is CNC1(c2oc3ccccc3c2C)CC1. The Morgan fingerprint density at radius 3 is 2.60 bits per heavy atom. The van der Waals surface area contributed by atoms with Crippen molar-refractivity contribution in [2.75, 3.05) is 7.05 Å². The van der Waals surface area contributed by atoms with Crippen molar-refractivity contribution in [2.24, 2.45) is 0 Å². The van der Waals surface area contributed by atoms with Gasteiger partial charge in [-0.15, -0.1) is 0 Å². The first-order chi connectivity index (χ1) is 7.27. The van der Waals surface area contributed by atoms with Gasteiger partial charge in [0.25, 0.3) is 0 Å². The van der Waals surface area contributed by atoms with Crippen LogP contribution in [0.2, 0.25) is 0 Å². The summed E-state index contributed by atoms with van der Waals surface area (Å²) >= 11 is 0. The molecule has 0 aliphatic heterocycles. The van der Waals surface area contributed by atoms with Gasteiger partial charge < -0.3 is 9.73 Å². The van der Waals surface area contributed by atoms with Crippen molar-refractivity contribution in [1.29, 1.82) is 0 Å². The van der Waals surface area contributed by atoms with Gasteiger partial charge in [0.1, 0.15) is 11.3 Å². The Bertz CT molecular complexity index is 508. The lowest BCUT2D eigenvalue weighted by Crippen LogP contribution is -2.24. The van der Waals surface area contributed by atoms with Crippen molar-refractivity contribution in [3.05, 3.63) is 35.6 Å². The number of fused-ring (bicyclic) bond motifs is 1. The van der Waals surface area contributed by atoms with Crippen LogP contribution in [-0.2, 0) is 5.54 Å². The zero-order chi connectivity index (χ0) is 10.5. The minimum atomic E-state index is 0.128. The minimum Gasteiger partial charge on any atom is -0.459 e. The third-order valence-corrected chi connectivity index (χ3v) is 3.51. The average molecular weight is 201 g/mol. The molecule has 1 N–H and O–H groups in total. The number of nitrogens with one attached hydrogen (secondary N) is 1. The maximum Gasteiger partial charge on any atom is 0.134 e. The van der Waals surface area contributed by atoms with E-state index in [0.29, 0.717) is 0 Å². The lowest BCUT2D eigenvalue weighted by atomic mass is 10.1. The van der Waals surface area contributed by atoms with Crippen molar-refractivity contribution >= 4 is 11.0 Å². The Morgan fingerprint density at radius 2 is 2.00 bits per heavy atom. The van der Waals surface area contributed by atoms with Gasteiger partial charge in [-0.2, -0.15) is 0 Å². The van der Waals surface area contributed by atoms with E-state index in [2.05, 4.69) is 24.4 Å². The maximum absolute atomic E-state index is 5.95. The summed E-state index contributed by atoms with van der Waals surface area (Å²) in [5.41, 5.74) is 2.42. The molecule has 0 radical (unpaired) electrons. The predicted octanol–water partition coefficient (Wildman–Crippen LogP) is 2.95. The third kappa shape index (κ3) is 1.15. The van der Waals surface area contributed by atoms with E-state index in [-0.39, 0.29) is 5.54 Å². The molecule has 0 spiro atoms. The Balaban J connectivity index is 2.24. The molecule has 1 fully saturated rings. The van der Waals surface area contributed by atoms with Crippen LogP contribution in [0.5, 0.6) is 0 Å². The summed E-state index contributed by atoms with van der Waals surface area (Å²) in [6.07, 6.45) is 2.37. The van der Waals surface area contributed by atoms with Crippen LogP contribution in [0.25, 0.3) is 11.0 Å². The monoisotopic (exact) mass is 201 g/mol. The molecule has 0 atom stereocenters. The van der Waals surface area contributed by atoms with Gasteiger partial charge in [0, 0.05) is 10.9 Å². The average Bonchev–Trinajstić information content (AvgIpc) is 3.00. The molecule has 2 heteroatoms. The first kappa shape index (κ1) is 8.98. The van der Waals surface area contributed by atoms with E-state index in [9.17, 15) is 0 Å². The Morgan fingerprint density at radius 1 is 1.27 bits per heavy atom. The molecule has 0 amide bonds. The van der Waals surface area contributed by atoms with E-state index in [1.165, 1.54) is 23.8 Å². The largest absolute Gasteiger partial charge is 0.459 e. The van der Waals surface area contributed by atoms with Crippen LogP contribution in [0.15, 0.2) is 28.7 Å². The number of hydrogen-bond acceptors (Lipinski definition) is 2. The van der Waals surface area contributed by atoms with Gasteiger partial charge in [0.05, 0.1) is 5.54 Å². The summed E-state index contributed by atoms with van der Waals surface area (Å²) in [6, 6.07) is 8.25. The molecule has 78 valence electrons. The van der Waals surface area contributed by atoms with Crippen molar-refractivity contribution in [3.8, 4) is 0 Å². The lowest BCUT2D eigenvalue weighted by Gasteiger charge is -2.11. The maximum atomic E-state index is 5.95. The van der Waals surface area contributed by atoms with Crippen molar-refractivity contribution in [1.82, 2.24) is 5.32 Å². The molecule has 2 aromatic rings. The number of rotatable bonds is 2. The second-order valence-electron chi connectivity index (χ2n) is 4.38. The van der Waals surface area contributed by atoms with Crippen molar-refractivity contribution < 1.29 is 4.42 Å². The molecule has 15 heavy (non-hydrogen) atoms. The van der Waals surface area contributed by atoms with Gasteiger partial charge in [0.2, 0.25) is 0 Å². The second kappa shape index (κ2) is 2.86. The van der Waals surface area contributed by atoms with Crippen molar-refractivity contribution in [2.45, 2.75) is 25.3 Å². The molecule has 1 aliphatic rings. The van der Waals surface area contributed by atoms with Crippen molar-refractivity contribution in [3.63, 3.8) is 0 Å². The van der Waals surface area contributed by atoms with Crippen LogP contribution in [0.1, 0.15) is 24.2 Å². The highest BCUT2D eigenvalue weighted by Crippen LogP contribution is 2.48. The van der Waals surface area contributed by atoms with E-state index >= 15 is 0 Å². The van der Waals surface area contributed by atoms with Crippen LogP contribution in [0.3, 0.4) is 0 Å². The van der Waals surface area contributed by atoms with Gasteiger partial charge in [-0.25, -0.2) is 0 Å². The van der Waals surface area contributed by atoms with Gasteiger partial charge in [-0.05, 0) is 32.9 Å². The summed E-state index contributed by atoms with van der Waals surface area (Å²) in [4.78, 5) is 0. The second-order valence-corrected chi connectivity index (χ2v) is 4.38. The summed E-state index contributed by atoms with van der Waals surface area (Å²) in [6.45, 7) is 2.15. The number of hydrogen-bond donors (Lipinski definition) is 1. The van der Waals surface area contributed by atoms with Crippen LogP contribution < -0.4 is 5.32 Å². The van der Waals surface area contributed by atoms with Crippen LogP contribution in [0, 0.1) is 6.92 Å². The zero-order valence-corrected chi connectivity index (χ0v) is 9.13. The number of benzene rings is 1. The topological polar surface area (TPSA) is 25.2 Å². The van der Waals surface area contributed by atoms with E-state index < -0.39 is 0 Å². The highest BCUT2D eigenvalue weighted by atomic mass is 16.3. The van der Waals surface area contributed by atoms with Gasteiger partial charge in [0.15, 0.2) is 0 Å². The van der Waals surface area contributed by atoms with Crippen LogP contribution in [0.4, 0.5) is 0 Å². The molecule has 0 saturated heterocycles. The minimum absolute atomic E-state index is 0.128. The summed E-state index contributed by atoms with van der Waals surface area (Å²) < 4.78 is 5.95. The number of furan rings is 1. The molecule has 1 heterocycles. The van der Waals surface area contributed by atoms with Gasteiger partial charge in [-0.3, -0.25) is 0 Å². The fraction of sp³-hybridized carbons (Fsp3) is 0.385. The fourth-order valence-corrected chi connectivity index (χ4v) is 2.35. The molecule has 1 aromatic carbocycles. The molecule has 1 aliphatic carbocycles. The molecule has 1 saturated carbocycles. The smallest absolute Gasteiger partial charge is 0.134 e. The molecular formula is C13H15NO. The highest BCUT2D eigenvalue weighted by molar-refractivity contribution is 5.82. The number of aryl methyl sites for hydroxylation is 1. The summed E-state index contributed by atoms with van der Waals surface area (Å²) in [7, 11) is 2.01. The molecular weight excluding hydrogens is 186 g/mol. The Hall–Kier alpha value is -1.28. The first-order valence-electron chi connectivity index (χ1n) is 5.44. The molecule has 1 aromatic heterocycles. The molecule has 0 unspecified atom stereocenters. The standard InChI is InChI=1S/C13H15NO/c1-9-10-5-3-4-6-11(10)15-12(9)13(14-2)7-8-13/h3-6,14H,7-8H2,1-2H3. The summed E-state index contributed by atoms with van der Waals surface area (Å²) in [5, 5.41) is 4.62. The first-order valence-corrected chi connectivity index (χ1v) is 5.44. The van der Waals surface area contributed by atoms with Gasteiger partial charge >= 0.3 is 0 Å². The highest BCUT2D eigenvalue weighted by Gasteiger charge is 2.47. The molecule has 2 nitrogen and oxygen atoms in total. The summed E-state index contributed by atoms with van der Waals surface area (Å²) in [5.74, 6) is 1.13. The number of para-hydroxylation sites is 1. The Labute approximate surface area is 89.3 Å². The van der Waals surface area contributed by atoms with E-state index in [1.807, 2.05) is 19.2 Å². The fourth-order valence-electron chi connectivity index (χ4n) is 2.35. The lowest BCUT2D eigenvalue weighted by molar-refractivity contribution is 0.435. The Kier molecular flexibility index (Phi) is 1.71. The normalized spacial score (nSPS) is 18.3. The zero-order valence-electron chi connectivity index (χ0n) is 9.13. The van der Waals surface area contributed by atoms with Gasteiger partial charge in [-0.1, -0.05) is 18.2 Å². The molecule has 0 bridgehead atoms. The third-order valence-electron chi connectivity index (χ3n) is 3.51. The van der Waals surface area contributed by atoms with Crippen LogP contribution in [-0.4, -0.2) is 7.05 Å². The quantitative estimate of drug-likeness (QED) is 0.808. The van der Waals surface area contributed by atoms with E-state index in [0.717, 1.165) is 11.3 Å². The van der Waals surface area contributed by atoms with E-state index in [1.54, 1.807) is 0 Å². The molecule has 3 rings (SSSR count). The predicted molar refractivity (Wildman–Crippen MR) is 60.9 cm³/mol.